The van der Waals surface area contributed by atoms with Gasteiger partial charge in [0.1, 0.15) is 5.82 Å². The van der Waals surface area contributed by atoms with E-state index in [9.17, 15) is 14.0 Å². The van der Waals surface area contributed by atoms with E-state index in [1.165, 1.54) is 12.1 Å². The zero-order valence-electron chi connectivity index (χ0n) is 18.4. The van der Waals surface area contributed by atoms with Crippen LogP contribution < -0.4 is 10.9 Å². The van der Waals surface area contributed by atoms with Gasteiger partial charge in [-0.2, -0.15) is 0 Å². The van der Waals surface area contributed by atoms with Crippen LogP contribution in [0.1, 0.15) is 27.2 Å². The van der Waals surface area contributed by atoms with Gasteiger partial charge < -0.3 is 19.8 Å². The molecule has 6 nitrogen and oxygen atoms in total. The van der Waals surface area contributed by atoms with Gasteiger partial charge in [0.2, 0.25) is 5.56 Å². The Morgan fingerprint density at radius 3 is 2.58 bits per heavy atom. The van der Waals surface area contributed by atoms with Crippen LogP contribution in [-0.4, -0.2) is 46.5 Å². The summed E-state index contributed by atoms with van der Waals surface area (Å²) in [6.07, 6.45) is 2.03. The molecule has 1 aliphatic rings. The van der Waals surface area contributed by atoms with Crippen molar-refractivity contribution in [3.8, 4) is 5.69 Å². The maximum absolute atomic E-state index is 14.4. The number of aromatic nitrogens is 2. The second-order valence-corrected chi connectivity index (χ2v) is 8.33. The molecule has 2 aromatic carbocycles. The summed E-state index contributed by atoms with van der Waals surface area (Å²) in [5.41, 5.74) is 4.20. The van der Waals surface area contributed by atoms with Gasteiger partial charge in [0.25, 0.3) is 5.91 Å². The van der Waals surface area contributed by atoms with Crippen LogP contribution in [0.15, 0.2) is 65.6 Å². The third-order valence-corrected chi connectivity index (χ3v) is 6.35. The van der Waals surface area contributed by atoms with Gasteiger partial charge in [-0.15, -0.1) is 0 Å². The highest BCUT2D eigenvalue weighted by Crippen LogP contribution is 2.33. The quantitative estimate of drug-likeness (QED) is 0.507. The van der Waals surface area contributed by atoms with Crippen molar-refractivity contribution < 1.29 is 9.18 Å². The van der Waals surface area contributed by atoms with Crippen LogP contribution >= 0.6 is 0 Å². The van der Waals surface area contributed by atoms with Gasteiger partial charge in [-0.3, -0.25) is 9.59 Å². The molecule has 3 heterocycles. The first-order valence-electron chi connectivity index (χ1n) is 11.1. The Balaban J connectivity index is 1.77. The number of rotatable bonds is 4. The lowest BCUT2D eigenvalue weighted by Gasteiger charge is -2.28. The van der Waals surface area contributed by atoms with E-state index in [4.69, 9.17) is 0 Å². The number of H-pyrrole nitrogens is 1. The molecule has 2 N–H and O–H groups in total. The van der Waals surface area contributed by atoms with Crippen molar-refractivity contribution in [2.75, 3.05) is 26.2 Å². The molecular weight excluding hydrogens is 419 g/mol. The third kappa shape index (κ3) is 3.85. The molecule has 1 fully saturated rings. The Labute approximate surface area is 190 Å². The first-order valence-corrected chi connectivity index (χ1v) is 11.1. The predicted octanol–water partition coefficient (Wildman–Crippen LogP) is 3.40. The normalized spacial score (nSPS) is 14.1. The Hall–Kier alpha value is -3.71. The number of aromatic amines is 1. The number of benzene rings is 2. The van der Waals surface area contributed by atoms with Crippen molar-refractivity contribution in [3.05, 3.63) is 99.3 Å². The first-order chi connectivity index (χ1) is 16.0. The number of amides is 1. The van der Waals surface area contributed by atoms with E-state index in [0.29, 0.717) is 30.6 Å². The summed E-state index contributed by atoms with van der Waals surface area (Å²) in [4.78, 5) is 30.2. The van der Waals surface area contributed by atoms with Crippen LogP contribution in [0.25, 0.3) is 16.6 Å². The number of carbonyl (C=O) groups is 1. The highest BCUT2D eigenvalue weighted by atomic mass is 19.1. The number of halogens is 1. The summed E-state index contributed by atoms with van der Waals surface area (Å²) in [7, 11) is 0. The SMILES string of the molecule is Cc1c(F)cccc1Cc1c(C(=O)N2CCNCC2)c2ccccc2n1-c1ccc(=O)[nH]c1. The molecule has 4 aromatic rings. The summed E-state index contributed by atoms with van der Waals surface area (Å²) in [5, 5.41) is 4.13. The Bertz CT molecular complexity index is 1380. The van der Waals surface area contributed by atoms with Crippen LogP contribution in [0.4, 0.5) is 4.39 Å². The number of carbonyl (C=O) groups excluding carboxylic acids is 1. The molecule has 33 heavy (non-hydrogen) atoms. The average molecular weight is 445 g/mol. The van der Waals surface area contributed by atoms with Crippen LogP contribution in [0.3, 0.4) is 0 Å². The summed E-state index contributed by atoms with van der Waals surface area (Å²) < 4.78 is 16.4. The number of hydrogen-bond donors (Lipinski definition) is 2. The minimum Gasteiger partial charge on any atom is -0.336 e. The molecule has 7 heteroatoms. The Morgan fingerprint density at radius 1 is 1.03 bits per heavy atom. The highest BCUT2D eigenvalue weighted by Gasteiger charge is 2.28. The van der Waals surface area contributed by atoms with E-state index in [0.717, 1.165) is 40.9 Å². The molecule has 1 aliphatic heterocycles. The van der Waals surface area contributed by atoms with Crippen molar-refractivity contribution in [2.45, 2.75) is 13.3 Å². The molecule has 0 spiro atoms. The fourth-order valence-electron chi connectivity index (χ4n) is 4.59. The van der Waals surface area contributed by atoms with Crippen LogP contribution in [0.5, 0.6) is 0 Å². The van der Waals surface area contributed by atoms with Gasteiger partial charge in [0.05, 0.1) is 16.8 Å². The fraction of sp³-hybridized carbons (Fsp3) is 0.231. The monoisotopic (exact) mass is 444 g/mol. The third-order valence-electron chi connectivity index (χ3n) is 6.35. The number of piperazine rings is 1. The van der Waals surface area contributed by atoms with Gasteiger partial charge in [-0.05, 0) is 36.2 Å². The van der Waals surface area contributed by atoms with Crippen LogP contribution in [0.2, 0.25) is 0 Å². The molecule has 0 bridgehead atoms. The van der Waals surface area contributed by atoms with Crippen molar-refractivity contribution in [2.24, 2.45) is 0 Å². The van der Waals surface area contributed by atoms with Crippen molar-refractivity contribution >= 4 is 16.8 Å². The molecule has 0 atom stereocenters. The van der Waals surface area contributed by atoms with E-state index in [-0.39, 0.29) is 17.3 Å². The molecule has 2 aromatic heterocycles. The van der Waals surface area contributed by atoms with Gasteiger partial charge in [-0.25, -0.2) is 4.39 Å². The zero-order chi connectivity index (χ0) is 22.9. The Morgan fingerprint density at radius 2 is 1.82 bits per heavy atom. The molecule has 1 saturated heterocycles. The van der Waals surface area contributed by atoms with Crippen molar-refractivity contribution in [3.63, 3.8) is 0 Å². The van der Waals surface area contributed by atoms with E-state index in [2.05, 4.69) is 10.3 Å². The zero-order valence-corrected chi connectivity index (χ0v) is 18.4. The Kier molecular flexibility index (Phi) is 5.56. The number of nitrogens with one attached hydrogen (secondary N) is 2. The second-order valence-electron chi connectivity index (χ2n) is 8.33. The molecule has 0 radical (unpaired) electrons. The largest absolute Gasteiger partial charge is 0.336 e. The maximum Gasteiger partial charge on any atom is 0.256 e. The summed E-state index contributed by atoms with van der Waals surface area (Å²) in [6.45, 7) is 4.53. The summed E-state index contributed by atoms with van der Waals surface area (Å²) in [5.74, 6) is -0.297. The lowest BCUT2D eigenvalue weighted by atomic mass is 9.99. The van der Waals surface area contributed by atoms with Gasteiger partial charge in [0, 0.05) is 55.9 Å². The van der Waals surface area contributed by atoms with E-state index in [1.54, 1.807) is 25.3 Å². The number of pyridine rings is 1. The van der Waals surface area contributed by atoms with E-state index in [1.807, 2.05) is 39.8 Å². The molecule has 0 saturated carbocycles. The molecule has 5 rings (SSSR count). The smallest absolute Gasteiger partial charge is 0.256 e. The van der Waals surface area contributed by atoms with Crippen molar-refractivity contribution in [1.82, 2.24) is 19.8 Å². The topological polar surface area (TPSA) is 70.1 Å². The molecule has 0 unspecified atom stereocenters. The first kappa shape index (κ1) is 21.2. The number of para-hydroxylation sites is 1. The molecule has 0 aliphatic carbocycles. The lowest BCUT2D eigenvalue weighted by molar-refractivity contribution is 0.0736. The highest BCUT2D eigenvalue weighted by molar-refractivity contribution is 6.09. The lowest BCUT2D eigenvalue weighted by Crippen LogP contribution is -2.46. The van der Waals surface area contributed by atoms with Gasteiger partial charge >= 0.3 is 0 Å². The maximum atomic E-state index is 14.4. The van der Waals surface area contributed by atoms with Crippen molar-refractivity contribution in [1.29, 1.82) is 0 Å². The minimum absolute atomic E-state index is 0.0278. The fourth-order valence-corrected chi connectivity index (χ4v) is 4.59. The summed E-state index contributed by atoms with van der Waals surface area (Å²) >= 11 is 0. The number of nitrogens with zero attached hydrogens (tertiary/aromatic N) is 2. The number of fused-ring (bicyclic) bond motifs is 1. The second kappa shape index (κ2) is 8.67. The van der Waals surface area contributed by atoms with E-state index < -0.39 is 0 Å². The minimum atomic E-state index is -0.269. The predicted molar refractivity (Wildman–Crippen MR) is 127 cm³/mol. The molecule has 168 valence electrons. The van der Waals surface area contributed by atoms with Gasteiger partial charge in [0.15, 0.2) is 0 Å². The van der Waals surface area contributed by atoms with Crippen LogP contribution in [-0.2, 0) is 6.42 Å². The van der Waals surface area contributed by atoms with Crippen LogP contribution in [0, 0.1) is 12.7 Å². The average Bonchev–Trinajstić information content (AvgIpc) is 3.16. The molecule has 1 amide bonds. The van der Waals surface area contributed by atoms with Gasteiger partial charge in [-0.1, -0.05) is 30.3 Å². The summed E-state index contributed by atoms with van der Waals surface area (Å²) in [6, 6.07) is 16.0. The molecular formula is C26H25FN4O2. The van der Waals surface area contributed by atoms with E-state index >= 15 is 0 Å². The number of hydrogen-bond acceptors (Lipinski definition) is 3. The standard InChI is InChI=1S/C26H25FN4O2/c1-17-18(5-4-7-21(17)27)15-23-25(26(33)30-13-11-28-12-14-30)20-6-2-3-8-22(20)31(23)19-9-10-24(32)29-16-19/h2-10,16,28H,11-15H2,1H3,(H,29,32).